The van der Waals surface area contributed by atoms with Crippen LogP contribution in [0, 0.1) is 6.92 Å². The third-order valence-electron chi connectivity index (χ3n) is 3.83. The molecule has 1 saturated heterocycles. The maximum absolute atomic E-state index is 11.9. The van der Waals surface area contributed by atoms with Crippen LogP contribution in [0.2, 0.25) is 0 Å². The largest absolute Gasteiger partial charge is 0.441 e. The van der Waals surface area contributed by atoms with Crippen molar-refractivity contribution < 1.29 is 14.0 Å². The van der Waals surface area contributed by atoms with Crippen LogP contribution in [0.15, 0.2) is 33.6 Å². The van der Waals surface area contributed by atoms with Gasteiger partial charge < -0.3 is 9.47 Å². The number of rotatable bonds is 5. The number of aromatic nitrogens is 2. The quantitative estimate of drug-likeness (QED) is 0.848. The summed E-state index contributed by atoms with van der Waals surface area (Å²) in [5, 5.41) is 3.90. The molecule has 1 unspecified atom stereocenters. The van der Waals surface area contributed by atoms with Crippen molar-refractivity contribution >= 4 is 0 Å². The fourth-order valence-electron chi connectivity index (χ4n) is 2.60. The number of aryl methyl sites for hydroxylation is 1. The van der Waals surface area contributed by atoms with Gasteiger partial charge in [-0.25, -0.2) is 4.79 Å². The Balaban J connectivity index is 1.70. The number of hydrogen-bond acceptors (Lipinski definition) is 5. The van der Waals surface area contributed by atoms with Gasteiger partial charge in [0.1, 0.15) is 0 Å². The smallest absolute Gasteiger partial charge is 0.353 e. The van der Waals surface area contributed by atoms with Crippen molar-refractivity contribution in [1.82, 2.24) is 9.72 Å². The lowest BCUT2D eigenvalue weighted by Crippen LogP contribution is -2.26. The Kier molecular flexibility index (Phi) is 4.70. The van der Waals surface area contributed by atoms with Gasteiger partial charge in [-0.3, -0.25) is 9.09 Å². The molecule has 6 heteroatoms. The summed E-state index contributed by atoms with van der Waals surface area (Å²) in [6.45, 7) is 3.51. The Hall–Kier alpha value is -1.92. The van der Waals surface area contributed by atoms with Crippen LogP contribution in [-0.4, -0.2) is 29.2 Å². The van der Waals surface area contributed by atoms with Gasteiger partial charge in [-0.15, -0.1) is 0 Å². The van der Waals surface area contributed by atoms with E-state index in [1.807, 2.05) is 31.2 Å². The first kappa shape index (κ1) is 15.0. The molecule has 2 heterocycles. The molecule has 2 aromatic rings. The highest BCUT2D eigenvalue weighted by molar-refractivity contribution is 5.59. The second-order valence-corrected chi connectivity index (χ2v) is 5.41. The first-order valence-electron chi connectivity index (χ1n) is 7.61. The lowest BCUT2D eigenvalue weighted by Gasteiger charge is -2.22. The molecule has 1 atom stereocenters. The van der Waals surface area contributed by atoms with E-state index >= 15 is 0 Å². The lowest BCUT2D eigenvalue weighted by atomic mass is 10.1. The number of nitrogens with zero attached hydrogens (tertiary/aromatic N) is 2. The molecule has 0 aliphatic carbocycles. The Labute approximate surface area is 128 Å². The fraction of sp³-hybridized carbons (Fsp3) is 0.500. The molecular formula is C16H20N2O4. The van der Waals surface area contributed by atoms with Crippen LogP contribution in [0.1, 0.15) is 24.8 Å². The van der Waals surface area contributed by atoms with Crippen molar-refractivity contribution in [2.45, 2.75) is 39.0 Å². The molecular weight excluding hydrogens is 284 g/mol. The first-order chi connectivity index (χ1) is 10.8. The van der Waals surface area contributed by atoms with E-state index in [1.54, 1.807) is 0 Å². The van der Waals surface area contributed by atoms with Crippen molar-refractivity contribution in [3.8, 4) is 11.4 Å². The van der Waals surface area contributed by atoms with Crippen LogP contribution in [0.3, 0.4) is 0 Å². The highest BCUT2D eigenvalue weighted by atomic mass is 16.7. The third kappa shape index (κ3) is 3.28. The van der Waals surface area contributed by atoms with E-state index in [2.05, 4.69) is 5.16 Å². The molecule has 0 bridgehead atoms. The molecule has 0 N–H and O–H groups in total. The van der Waals surface area contributed by atoms with Crippen LogP contribution in [0.25, 0.3) is 11.4 Å². The molecule has 0 amide bonds. The highest BCUT2D eigenvalue weighted by Gasteiger charge is 2.17. The van der Waals surface area contributed by atoms with Gasteiger partial charge in [-0.2, -0.15) is 0 Å². The Morgan fingerprint density at radius 3 is 3.00 bits per heavy atom. The minimum absolute atomic E-state index is 0.161. The summed E-state index contributed by atoms with van der Waals surface area (Å²) in [6, 6.07) is 7.77. The molecule has 118 valence electrons. The molecule has 6 nitrogen and oxygen atoms in total. The maximum atomic E-state index is 11.9. The molecule has 0 radical (unpaired) electrons. The third-order valence-corrected chi connectivity index (χ3v) is 3.83. The second-order valence-electron chi connectivity index (χ2n) is 5.41. The van der Waals surface area contributed by atoms with Gasteiger partial charge in [0, 0.05) is 12.2 Å². The van der Waals surface area contributed by atoms with E-state index in [1.165, 1.54) is 4.57 Å². The monoisotopic (exact) mass is 304 g/mol. The molecule has 0 saturated carbocycles. The number of benzene rings is 1. The van der Waals surface area contributed by atoms with E-state index in [4.69, 9.17) is 14.0 Å². The van der Waals surface area contributed by atoms with Crippen LogP contribution in [-0.2, 0) is 16.0 Å². The maximum Gasteiger partial charge on any atom is 0.441 e. The lowest BCUT2D eigenvalue weighted by molar-refractivity contribution is -0.163. The minimum Gasteiger partial charge on any atom is -0.353 e. The summed E-state index contributed by atoms with van der Waals surface area (Å²) >= 11 is 0. The van der Waals surface area contributed by atoms with Crippen molar-refractivity contribution in [1.29, 1.82) is 0 Å². The van der Waals surface area contributed by atoms with Gasteiger partial charge in [0.25, 0.3) is 0 Å². The Morgan fingerprint density at radius 2 is 2.23 bits per heavy atom. The van der Waals surface area contributed by atoms with Crippen LogP contribution in [0.5, 0.6) is 0 Å². The standard InChI is InChI=1S/C16H20N2O4/c1-12-6-2-3-7-13(12)15-17-22-16(19)18(15)9-11-21-14-8-4-5-10-20-14/h2-3,6-7,14H,4-5,8-11H2,1H3. The van der Waals surface area contributed by atoms with Crippen molar-refractivity contribution in [2.75, 3.05) is 13.2 Å². The summed E-state index contributed by atoms with van der Waals surface area (Å²) < 4.78 is 17.5. The molecule has 1 aromatic carbocycles. The van der Waals surface area contributed by atoms with E-state index in [0.29, 0.717) is 19.0 Å². The summed E-state index contributed by atoms with van der Waals surface area (Å²) in [5.41, 5.74) is 1.93. The number of hydrogen-bond donors (Lipinski definition) is 0. The molecule has 22 heavy (non-hydrogen) atoms. The highest BCUT2D eigenvalue weighted by Crippen LogP contribution is 2.20. The normalized spacial score (nSPS) is 18.5. The van der Waals surface area contributed by atoms with E-state index < -0.39 is 5.76 Å². The predicted octanol–water partition coefficient (Wildman–Crippen LogP) is 2.35. The Bertz CT molecular complexity index is 671. The summed E-state index contributed by atoms with van der Waals surface area (Å²) in [5.74, 6) is 0.0719. The van der Waals surface area contributed by atoms with Gasteiger partial charge in [0.15, 0.2) is 12.1 Å². The Morgan fingerprint density at radius 1 is 1.36 bits per heavy atom. The van der Waals surface area contributed by atoms with Crippen LogP contribution >= 0.6 is 0 Å². The zero-order valence-corrected chi connectivity index (χ0v) is 12.7. The molecule has 3 rings (SSSR count). The minimum atomic E-state index is -0.466. The second kappa shape index (κ2) is 6.89. The zero-order valence-electron chi connectivity index (χ0n) is 12.7. The molecule has 1 aliphatic heterocycles. The zero-order chi connectivity index (χ0) is 15.4. The summed E-state index contributed by atoms with van der Waals surface area (Å²) in [7, 11) is 0. The molecule has 1 aliphatic rings. The number of ether oxygens (including phenoxy) is 2. The van der Waals surface area contributed by atoms with Gasteiger partial charge in [-0.1, -0.05) is 29.4 Å². The van der Waals surface area contributed by atoms with Gasteiger partial charge >= 0.3 is 5.76 Å². The van der Waals surface area contributed by atoms with E-state index in [0.717, 1.165) is 37.0 Å². The average Bonchev–Trinajstić information content (AvgIpc) is 2.90. The van der Waals surface area contributed by atoms with Crippen molar-refractivity contribution in [3.63, 3.8) is 0 Å². The van der Waals surface area contributed by atoms with Gasteiger partial charge in [-0.05, 0) is 31.7 Å². The molecule has 1 aromatic heterocycles. The van der Waals surface area contributed by atoms with E-state index in [9.17, 15) is 4.79 Å². The van der Waals surface area contributed by atoms with Crippen molar-refractivity contribution in [2.24, 2.45) is 0 Å². The van der Waals surface area contributed by atoms with E-state index in [-0.39, 0.29) is 6.29 Å². The van der Waals surface area contributed by atoms with Gasteiger partial charge in [0.05, 0.1) is 13.2 Å². The summed E-state index contributed by atoms with van der Waals surface area (Å²) in [4.78, 5) is 11.9. The van der Waals surface area contributed by atoms with Crippen LogP contribution in [0.4, 0.5) is 0 Å². The van der Waals surface area contributed by atoms with Gasteiger partial charge in [0.2, 0.25) is 0 Å². The molecule has 1 fully saturated rings. The topological polar surface area (TPSA) is 66.5 Å². The van der Waals surface area contributed by atoms with Crippen LogP contribution < -0.4 is 5.76 Å². The average molecular weight is 304 g/mol. The fourth-order valence-corrected chi connectivity index (χ4v) is 2.60. The summed E-state index contributed by atoms with van der Waals surface area (Å²) in [6.07, 6.45) is 2.95. The van der Waals surface area contributed by atoms with Crippen molar-refractivity contribution in [3.05, 3.63) is 40.4 Å². The predicted molar refractivity (Wildman–Crippen MR) is 80.5 cm³/mol. The first-order valence-corrected chi connectivity index (χ1v) is 7.61. The molecule has 0 spiro atoms. The SMILES string of the molecule is Cc1ccccc1-c1noc(=O)n1CCOC1CCCCO1.